The summed E-state index contributed by atoms with van der Waals surface area (Å²) in [5, 5.41) is 2.28. The van der Waals surface area contributed by atoms with Gasteiger partial charge >= 0.3 is 7.12 Å². The molecule has 2 heterocycles. The van der Waals surface area contributed by atoms with Crippen molar-refractivity contribution in [1.82, 2.24) is 4.98 Å². The molecule has 1 aromatic heterocycles. The molecule has 0 amide bonds. The number of hydrogen-bond acceptors (Lipinski definition) is 2. The summed E-state index contributed by atoms with van der Waals surface area (Å²) in [7, 11) is -2.46. The number of H-pyrrole nitrogens is 1. The normalized spacial score (nSPS) is 20.2. The number of aromatic nitrogens is 1. The van der Waals surface area contributed by atoms with Crippen LogP contribution in [0.5, 0.6) is 0 Å². The minimum Gasteiger partial charge on any atom is -0.399 e. The van der Waals surface area contributed by atoms with Crippen molar-refractivity contribution in [2.45, 2.75) is 77.8 Å². The van der Waals surface area contributed by atoms with Crippen LogP contribution >= 0.6 is 0 Å². The summed E-state index contributed by atoms with van der Waals surface area (Å²) in [6.45, 7) is 19.5. The maximum absolute atomic E-state index is 14.9. The SMILES string of the molecule is CC1(C)OB(c2c(F)ccc3[nH]c([Si](C)(C)C(C)(C)C)cc23)OC1(C)C. The second kappa shape index (κ2) is 5.69. The fourth-order valence-corrected chi connectivity index (χ4v) is 4.90. The van der Waals surface area contributed by atoms with Crippen LogP contribution in [0.4, 0.5) is 4.39 Å². The highest BCUT2D eigenvalue weighted by atomic mass is 28.3. The molecular formula is C20H31BFNO2Si. The van der Waals surface area contributed by atoms with Gasteiger partial charge in [0.15, 0.2) is 0 Å². The van der Waals surface area contributed by atoms with Crippen LogP contribution in [0.25, 0.3) is 10.9 Å². The Hall–Kier alpha value is -1.11. The Morgan fingerprint density at radius 1 is 1.04 bits per heavy atom. The summed E-state index contributed by atoms with van der Waals surface area (Å²) in [5.41, 5.74) is 0.452. The fourth-order valence-electron chi connectivity index (χ4n) is 3.14. The molecule has 3 nitrogen and oxygen atoms in total. The van der Waals surface area contributed by atoms with Gasteiger partial charge in [-0.25, -0.2) is 4.39 Å². The van der Waals surface area contributed by atoms with Crippen LogP contribution in [0.15, 0.2) is 18.2 Å². The average Bonchev–Trinajstić information content (AvgIpc) is 2.96. The molecule has 1 aromatic carbocycles. The van der Waals surface area contributed by atoms with Crippen molar-refractivity contribution >= 4 is 36.9 Å². The molecule has 1 aliphatic heterocycles. The van der Waals surface area contributed by atoms with Crippen LogP contribution in [0, 0.1) is 5.82 Å². The molecule has 0 spiro atoms. The zero-order valence-corrected chi connectivity index (χ0v) is 18.5. The first-order chi connectivity index (χ1) is 11.7. The molecule has 1 saturated heterocycles. The summed E-state index contributed by atoms with van der Waals surface area (Å²) < 4.78 is 27.1. The lowest BCUT2D eigenvalue weighted by Crippen LogP contribution is -2.50. The standard InChI is InChI=1S/C20H31BFNO2Si/c1-18(2,3)26(8,9)16-12-13-15(23-16)11-10-14(22)17(13)21-24-19(4,5)20(6,7)25-21/h10-12,23H,1-9H3. The Kier molecular flexibility index (Phi) is 4.30. The third kappa shape index (κ3) is 2.86. The van der Waals surface area contributed by atoms with Gasteiger partial charge in [0, 0.05) is 16.4 Å². The van der Waals surface area contributed by atoms with Crippen LogP contribution in [0.3, 0.4) is 0 Å². The predicted molar refractivity (Wildman–Crippen MR) is 111 cm³/mol. The molecule has 3 rings (SSSR count). The van der Waals surface area contributed by atoms with Gasteiger partial charge < -0.3 is 14.3 Å². The van der Waals surface area contributed by atoms with Crippen LogP contribution in [-0.4, -0.2) is 31.4 Å². The highest BCUT2D eigenvalue weighted by Gasteiger charge is 2.53. The molecule has 0 bridgehead atoms. The summed E-state index contributed by atoms with van der Waals surface area (Å²) in [5.74, 6) is -0.281. The number of fused-ring (bicyclic) bond motifs is 1. The van der Waals surface area contributed by atoms with Crippen LogP contribution in [0.1, 0.15) is 48.5 Å². The van der Waals surface area contributed by atoms with Crippen molar-refractivity contribution in [1.29, 1.82) is 0 Å². The van der Waals surface area contributed by atoms with E-state index in [2.05, 4.69) is 44.9 Å². The first-order valence-corrected chi connectivity index (χ1v) is 12.3. The van der Waals surface area contributed by atoms with E-state index in [1.54, 1.807) is 0 Å². The van der Waals surface area contributed by atoms with Gasteiger partial charge in [-0.05, 0) is 56.2 Å². The number of benzene rings is 1. The Morgan fingerprint density at radius 3 is 2.08 bits per heavy atom. The first kappa shape index (κ1) is 19.6. The second-order valence-electron chi connectivity index (χ2n) is 10.1. The van der Waals surface area contributed by atoms with Crippen molar-refractivity contribution < 1.29 is 13.7 Å². The molecule has 0 atom stereocenters. The number of halogens is 1. The smallest absolute Gasteiger partial charge is 0.399 e. The molecule has 142 valence electrons. The van der Waals surface area contributed by atoms with Crippen LogP contribution < -0.4 is 10.8 Å². The molecule has 0 unspecified atom stereocenters. The van der Waals surface area contributed by atoms with Gasteiger partial charge in [-0.2, -0.15) is 0 Å². The molecule has 26 heavy (non-hydrogen) atoms. The molecule has 6 heteroatoms. The van der Waals surface area contributed by atoms with Crippen molar-refractivity contribution in [3.63, 3.8) is 0 Å². The van der Waals surface area contributed by atoms with Crippen molar-refractivity contribution in [2.75, 3.05) is 0 Å². The van der Waals surface area contributed by atoms with Gasteiger partial charge in [-0.3, -0.25) is 0 Å². The Balaban J connectivity index is 2.15. The maximum atomic E-state index is 14.9. The van der Waals surface area contributed by atoms with E-state index in [4.69, 9.17) is 9.31 Å². The molecule has 1 aliphatic rings. The summed E-state index contributed by atoms with van der Waals surface area (Å²) >= 11 is 0. The van der Waals surface area contributed by atoms with E-state index in [0.29, 0.717) is 5.46 Å². The van der Waals surface area contributed by atoms with Gasteiger partial charge in [-0.15, -0.1) is 0 Å². The predicted octanol–water partition coefficient (Wildman–Crippen LogP) is 4.32. The van der Waals surface area contributed by atoms with E-state index in [9.17, 15) is 4.39 Å². The minimum absolute atomic E-state index is 0.191. The van der Waals surface area contributed by atoms with E-state index in [1.807, 2.05) is 33.8 Å². The molecular weight excluding hydrogens is 344 g/mol. The van der Waals surface area contributed by atoms with Crippen molar-refractivity contribution in [3.05, 3.63) is 24.0 Å². The molecule has 1 fully saturated rings. The summed E-state index contributed by atoms with van der Waals surface area (Å²) in [4.78, 5) is 3.56. The zero-order valence-electron chi connectivity index (χ0n) is 17.5. The Bertz CT molecular complexity index is 835. The van der Waals surface area contributed by atoms with Gasteiger partial charge in [-0.1, -0.05) is 33.9 Å². The average molecular weight is 375 g/mol. The number of aromatic amines is 1. The van der Waals surface area contributed by atoms with Crippen molar-refractivity contribution in [2.24, 2.45) is 0 Å². The van der Waals surface area contributed by atoms with Crippen molar-refractivity contribution in [3.8, 4) is 0 Å². The largest absolute Gasteiger partial charge is 0.498 e. The molecule has 0 saturated carbocycles. The highest BCUT2D eigenvalue weighted by Crippen LogP contribution is 2.38. The van der Waals surface area contributed by atoms with E-state index in [1.165, 1.54) is 11.4 Å². The molecule has 0 radical (unpaired) electrons. The van der Waals surface area contributed by atoms with E-state index < -0.39 is 26.4 Å². The number of nitrogens with one attached hydrogen (secondary N) is 1. The lowest BCUT2D eigenvalue weighted by molar-refractivity contribution is 0.00578. The van der Waals surface area contributed by atoms with Crippen LogP contribution in [0.2, 0.25) is 18.1 Å². The van der Waals surface area contributed by atoms with E-state index in [0.717, 1.165) is 10.9 Å². The van der Waals surface area contributed by atoms with E-state index >= 15 is 0 Å². The maximum Gasteiger partial charge on any atom is 0.498 e. The quantitative estimate of drug-likeness (QED) is 0.794. The van der Waals surface area contributed by atoms with E-state index in [-0.39, 0.29) is 10.9 Å². The Morgan fingerprint density at radius 2 is 1.58 bits per heavy atom. The van der Waals surface area contributed by atoms with Gasteiger partial charge in [0.05, 0.1) is 11.2 Å². The number of rotatable bonds is 2. The Labute approximate surface area is 157 Å². The van der Waals surface area contributed by atoms with Gasteiger partial charge in [0.2, 0.25) is 0 Å². The number of hydrogen-bond donors (Lipinski definition) is 1. The lowest BCUT2D eigenvalue weighted by Gasteiger charge is -2.36. The lowest BCUT2D eigenvalue weighted by atomic mass is 9.76. The third-order valence-corrected chi connectivity index (χ3v) is 12.2. The monoisotopic (exact) mass is 375 g/mol. The second-order valence-corrected chi connectivity index (χ2v) is 15.4. The summed E-state index contributed by atoms with van der Waals surface area (Å²) in [6.07, 6.45) is 0. The third-order valence-electron chi connectivity index (χ3n) is 6.83. The molecule has 1 N–H and O–H groups in total. The summed E-state index contributed by atoms with van der Waals surface area (Å²) in [6, 6.07) is 5.45. The molecule has 0 aliphatic carbocycles. The minimum atomic E-state index is -1.76. The van der Waals surface area contributed by atoms with Gasteiger partial charge in [0.1, 0.15) is 13.9 Å². The highest BCUT2D eigenvalue weighted by molar-refractivity contribution is 6.91. The van der Waals surface area contributed by atoms with Crippen LogP contribution in [-0.2, 0) is 9.31 Å². The molecule has 2 aromatic rings. The van der Waals surface area contributed by atoms with Gasteiger partial charge in [0.25, 0.3) is 0 Å². The fraction of sp³-hybridized carbons (Fsp3) is 0.600. The first-order valence-electron chi connectivity index (χ1n) is 9.35. The zero-order chi connectivity index (χ0) is 19.7. The topological polar surface area (TPSA) is 34.2 Å².